The summed E-state index contributed by atoms with van der Waals surface area (Å²) < 4.78 is 19.1. The summed E-state index contributed by atoms with van der Waals surface area (Å²) in [5.41, 5.74) is 1.28. The number of benzene rings is 1. The van der Waals surface area contributed by atoms with Crippen molar-refractivity contribution in [2.75, 3.05) is 19.6 Å². The second-order valence-corrected chi connectivity index (χ2v) is 5.69. The molecule has 1 N–H and O–H groups in total. The van der Waals surface area contributed by atoms with Gasteiger partial charge in [-0.25, -0.2) is 4.39 Å². The molecule has 118 valence electrons. The fourth-order valence-electron chi connectivity index (χ4n) is 2.55. The van der Waals surface area contributed by atoms with E-state index in [0.29, 0.717) is 23.3 Å². The molecule has 3 rings (SSSR count). The van der Waals surface area contributed by atoms with Crippen molar-refractivity contribution in [3.63, 3.8) is 0 Å². The standard InChI is InChI=1S/C15H14BrFN2O2.ClH/c16-14-7-11(9-21-14)15(20)19-5-4-18-8-13(19)10-2-1-3-12(17)6-10;/h1-3,6-7,9,13,18H,4-5,8H2;1H. The van der Waals surface area contributed by atoms with Crippen LogP contribution < -0.4 is 5.32 Å². The van der Waals surface area contributed by atoms with E-state index in [1.807, 2.05) is 6.07 Å². The quantitative estimate of drug-likeness (QED) is 0.856. The van der Waals surface area contributed by atoms with Crippen molar-refractivity contribution < 1.29 is 13.6 Å². The zero-order chi connectivity index (χ0) is 14.8. The van der Waals surface area contributed by atoms with Crippen molar-refractivity contribution in [3.05, 3.63) is 58.2 Å². The Balaban J connectivity index is 0.00000176. The summed E-state index contributed by atoms with van der Waals surface area (Å²) in [7, 11) is 0. The van der Waals surface area contributed by atoms with Crippen LogP contribution >= 0.6 is 28.3 Å². The summed E-state index contributed by atoms with van der Waals surface area (Å²) in [6, 6.07) is 7.84. The number of amides is 1. The Labute approximate surface area is 142 Å². The van der Waals surface area contributed by atoms with E-state index < -0.39 is 0 Å². The molecule has 0 aliphatic carbocycles. The van der Waals surface area contributed by atoms with Gasteiger partial charge in [0.15, 0.2) is 4.67 Å². The Bertz CT molecular complexity index is 664. The van der Waals surface area contributed by atoms with E-state index in [1.165, 1.54) is 18.4 Å². The molecule has 1 aliphatic rings. The van der Waals surface area contributed by atoms with Crippen LogP contribution in [0.3, 0.4) is 0 Å². The number of piperazine rings is 1. The number of carbonyl (C=O) groups is 1. The Morgan fingerprint density at radius 1 is 1.41 bits per heavy atom. The molecule has 7 heteroatoms. The molecule has 1 fully saturated rings. The smallest absolute Gasteiger partial charge is 0.257 e. The summed E-state index contributed by atoms with van der Waals surface area (Å²) in [6.45, 7) is 1.90. The maximum Gasteiger partial charge on any atom is 0.257 e. The zero-order valence-electron chi connectivity index (χ0n) is 11.6. The third kappa shape index (κ3) is 3.51. The number of nitrogens with one attached hydrogen (secondary N) is 1. The van der Waals surface area contributed by atoms with Crippen LogP contribution in [0.5, 0.6) is 0 Å². The van der Waals surface area contributed by atoms with Gasteiger partial charge in [-0.2, -0.15) is 0 Å². The lowest BCUT2D eigenvalue weighted by Crippen LogP contribution is -2.48. The highest BCUT2D eigenvalue weighted by molar-refractivity contribution is 9.10. The molecular weight excluding hydrogens is 375 g/mol. The molecule has 1 amide bonds. The first-order valence-electron chi connectivity index (χ1n) is 6.66. The predicted molar refractivity (Wildman–Crippen MR) is 86.7 cm³/mol. The van der Waals surface area contributed by atoms with Gasteiger partial charge in [0.05, 0.1) is 11.6 Å². The summed E-state index contributed by atoms with van der Waals surface area (Å²) in [6.07, 6.45) is 1.43. The summed E-state index contributed by atoms with van der Waals surface area (Å²) in [5, 5.41) is 3.25. The number of halogens is 3. The van der Waals surface area contributed by atoms with Gasteiger partial charge >= 0.3 is 0 Å². The molecule has 0 spiro atoms. The Morgan fingerprint density at radius 2 is 2.23 bits per heavy atom. The molecule has 22 heavy (non-hydrogen) atoms. The van der Waals surface area contributed by atoms with Gasteiger partial charge in [-0.15, -0.1) is 12.4 Å². The summed E-state index contributed by atoms with van der Waals surface area (Å²) in [4.78, 5) is 14.4. The third-order valence-corrected chi connectivity index (χ3v) is 3.97. The molecular formula is C15H15BrClFN2O2. The molecule has 1 atom stereocenters. The normalized spacial score (nSPS) is 17.9. The SMILES string of the molecule is Cl.O=C(c1coc(Br)c1)N1CCNCC1c1cccc(F)c1. The van der Waals surface area contributed by atoms with Crippen molar-refractivity contribution >= 4 is 34.2 Å². The van der Waals surface area contributed by atoms with Crippen molar-refractivity contribution in [3.8, 4) is 0 Å². The lowest BCUT2D eigenvalue weighted by atomic mass is 10.0. The van der Waals surface area contributed by atoms with Crippen molar-refractivity contribution in [1.82, 2.24) is 10.2 Å². The van der Waals surface area contributed by atoms with Gasteiger partial charge in [-0.05, 0) is 33.6 Å². The van der Waals surface area contributed by atoms with E-state index in [1.54, 1.807) is 17.0 Å². The summed E-state index contributed by atoms with van der Waals surface area (Å²) >= 11 is 3.19. The van der Waals surface area contributed by atoms with Crippen LogP contribution in [0.2, 0.25) is 0 Å². The topological polar surface area (TPSA) is 45.5 Å². The second-order valence-electron chi connectivity index (χ2n) is 4.91. The molecule has 2 heterocycles. The number of rotatable bonds is 2. The van der Waals surface area contributed by atoms with Crippen LogP contribution in [0.25, 0.3) is 0 Å². The van der Waals surface area contributed by atoms with Crippen LogP contribution in [-0.2, 0) is 0 Å². The first kappa shape index (κ1) is 17.0. The minimum absolute atomic E-state index is 0. The Hall–Kier alpha value is -1.37. The number of carbonyl (C=O) groups excluding carboxylic acids is 1. The zero-order valence-corrected chi connectivity index (χ0v) is 14.0. The number of nitrogens with zero attached hydrogens (tertiary/aromatic N) is 1. The van der Waals surface area contributed by atoms with Gasteiger partial charge < -0.3 is 14.6 Å². The number of hydrogen-bond acceptors (Lipinski definition) is 3. The van der Waals surface area contributed by atoms with Gasteiger partial charge in [0.2, 0.25) is 0 Å². The maximum absolute atomic E-state index is 13.4. The van der Waals surface area contributed by atoms with Crippen LogP contribution in [0.15, 0.2) is 45.7 Å². The Morgan fingerprint density at radius 3 is 2.91 bits per heavy atom. The molecule has 0 saturated carbocycles. The predicted octanol–water partition coefficient (Wildman–Crippen LogP) is 3.39. The number of furan rings is 1. The van der Waals surface area contributed by atoms with E-state index in [9.17, 15) is 9.18 Å². The first-order valence-corrected chi connectivity index (χ1v) is 7.45. The van der Waals surface area contributed by atoms with E-state index >= 15 is 0 Å². The molecule has 2 aromatic rings. The average Bonchev–Trinajstić information content (AvgIpc) is 2.93. The first-order chi connectivity index (χ1) is 10.1. The molecule has 1 aromatic heterocycles. The Kier molecular flexibility index (Phi) is 5.61. The monoisotopic (exact) mass is 388 g/mol. The van der Waals surface area contributed by atoms with E-state index in [2.05, 4.69) is 21.2 Å². The van der Waals surface area contributed by atoms with Gasteiger partial charge in [0, 0.05) is 25.7 Å². The van der Waals surface area contributed by atoms with Crippen molar-refractivity contribution in [2.45, 2.75) is 6.04 Å². The van der Waals surface area contributed by atoms with Crippen LogP contribution in [0.4, 0.5) is 4.39 Å². The van der Waals surface area contributed by atoms with E-state index in [-0.39, 0.29) is 30.2 Å². The lowest BCUT2D eigenvalue weighted by molar-refractivity contribution is 0.0633. The highest BCUT2D eigenvalue weighted by atomic mass is 79.9. The molecule has 1 saturated heterocycles. The van der Waals surface area contributed by atoms with Crippen LogP contribution in [-0.4, -0.2) is 30.4 Å². The van der Waals surface area contributed by atoms with Gasteiger partial charge in [0.25, 0.3) is 5.91 Å². The molecule has 1 aromatic carbocycles. The average molecular weight is 390 g/mol. The summed E-state index contributed by atoms with van der Waals surface area (Å²) in [5.74, 6) is -0.406. The highest BCUT2D eigenvalue weighted by Crippen LogP contribution is 2.26. The van der Waals surface area contributed by atoms with Crippen molar-refractivity contribution in [2.24, 2.45) is 0 Å². The molecule has 0 bridgehead atoms. The fourth-order valence-corrected chi connectivity index (χ4v) is 2.89. The van der Waals surface area contributed by atoms with Crippen LogP contribution in [0.1, 0.15) is 22.0 Å². The van der Waals surface area contributed by atoms with E-state index in [4.69, 9.17) is 4.42 Å². The molecule has 0 radical (unpaired) electrons. The third-order valence-electron chi connectivity index (χ3n) is 3.55. The van der Waals surface area contributed by atoms with Gasteiger partial charge in [0.1, 0.15) is 12.1 Å². The van der Waals surface area contributed by atoms with Crippen LogP contribution in [0, 0.1) is 5.82 Å². The number of hydrogen-bond donors (Lipinski definition) is 1. The minimum Gasteiger partial charge on any atom is -0.457 e. The second kappa shape index (κ2) is 7.26. The van der Waals surface area contributed by atoms with E-state index in [0.717, 1.165) is 12.1 Å². The molecule has 1 unspecified atom stereocenters. The maximum atomic E-state index is 13.4. The largest absolute Gasteiger partial charge is 0.457 e. The fraction of sp³-hybridized carbons (Fsp3) is 0.267. The molecule has 1 aliphatic heterocycles. The lowest BCUT2D eigenvalue weighted by Gasteiger charge is -2.36. The molecule has 4 nitrogen and oxygen atoms in total. The van der Waals surface area contributed by atoms with Gasteiger partial charge in [-0.1, -0.05) is 12.1 Å². The van der Waals surface area contributed by atoms with Crippen molar-refractivity contribution in [1.29, 1.82) is 0 Å². The minimum atomic E-state index is -0.295. The highest BCUT2D eigenvalue weighted by Gasteiger charge is 2.29. The van der Waals surface area contributed by atoms with Gasteiger partial charge in [-0.3, -0.25) is 4.79 Å².